The first kappa shape index (κ1) is 17.6. The Morgan fingerprint density at radius 1 is 1.26 bits per heavy atom. The molecule has 1 aliphatic heterocycles. The fourth-order valence-electron chi connectivity index (χ4n) is 3.50. The molecule has 4 rings (SSSR count). The molecule has 27 heavy (non-hydrogen) atoms. The normalized spacial score (nSPS) is 17.9. The van der Waals surface area contributed by atoms with Gasteiger partial charge in [-0.15, -0.1) is 10.2 Å². The van der Waals surface area contributed by atoms with Gasteiger partial charge in [-0.3, -0.25) is 9.59 Å². The molecule has 0 spiro atoms. The highest BCUT2D eigenvalue weighted by Crippen LogP contribution is 2.48. The molecule has 1 aliphatic carbocycles. The molecular formula is C17H23N7O3. The Labute approximate surface area is 156 Å². The first-order chi connectivity index (χ1) is 13.0. The maximum Gasteiger partial charge on any atom is 0.321 e. The van der Waals surface area contributed by atoms with Crippen molar-refractivity contribution in [2.45, 2.75) is 52.7 Å². The third-order valence-electron chi connectivity index (χ3n) is 5.28. The highest BCUT2D eigenvalue weighted by molar-refractivity contribution is 6.05. The number of amides is 1. The summed E-state index contributed by atoms with van der Waals surface area (Å²) in [6.07, 6.45) is 3.57. The number of nitrogens with zero attached hydrogens (tertiary/aromatic N) is 7. The van der Waals surface area contributed by atoms with Crippen molar-refractivity contribution in [3.8, 4) is 0 Å². The van der Waals surface area contributed by atoms with E-state index in [0.29, 0.717) is 39.0 Å². The molecule has 144 valence electrons. The number of rotatable bonds is 5. The summed E-state index contributed by atoms with van der Waals surface area (Å²) < 4.78 is 8.74. The van der Waals surface area contributed by atoms with Crippen LogP contribution in [0.1, 0.15) is 43.3 Å². The van der Waals surface area contributed by atoms with Crippen molar-refractivity contribution in [2.24, 2.45) is 5.41 Å². The number of esters is 1. The van der Waals surface area contributed by atoms with Gasteiger partial charge in [0.15, 0.2) is 0 Å². The molecule has 0 unspecified atom stereocenters. The zero-order valence-electron chi connectivity index (χ0n) is 15.6. The lowest BCUT2D eigenvalue weighted by Gasteiger charge is -2.25. The minimum Gasteiger partial charge on any atom is -0.465 e. The number of carbonyl (C=O) groups is 2. The Hall–Kier alpha value is -2.78. The van der Waals surface area contributed by atoms with Gasteiger partial charge in [0.2, 0.25) is 5.91 Å². The first-order valence-corrected chi connectivity index (χ1v) is 9.28. The number of hydrogen-bond acceptors (Lipinski definition) is 7. The molecule has 1 fully saturated rings. The Morgan fingerprint density at radius 2 is 2.07 bits per heavy atom. The van der Waals surface area contributed by atoms with E-state index in [9.17, 15) is 9.59 Å². The molecule has 0 saturated heterocycles. The molecule has 2 aromatic heterocycles. The Balaban J connectivity index is 1.56. The monoisotopic (exact) mass is 373 g/mol. The molecular weight excluding hydrogens is 350 g/mol. The lowest BCUT2D eigenvalue weighted by molar-refractivity contribution is -0.158. The minimum atomic E-state index is -0.985. The summed E-state index contributed by atoms with van der Waals surface area (Å²) in [4.78, 5) is 27.2. The van der Waals surface area contributed by atoms with Crippen LogP contribution in [0.25, 0.3) is 0 Å². The highest BCUT2D eigenvalue weighted by Gasteiger charge is 2.59. The molecule has 1 saturated carbocycles. The van der Waals surface area contributed by atoms with Crippen LogP contribution >= 0.6 is 0 Å². The fourth-order valence-corrected chi connectivity index (χ4v) is 3.50. The third kappa shape index (κ3) is 3.08. The first-order valence-electron chi connectivity index (χ1n) is 9.28. The molecule has 0 N–H and O–H groups in total. The van der Waals surface area contributed by atoms with E-state index in [-0.39, 0.29) is 12.5 Å². The number of carbonyl (C=O) groups excluding carboxylic acids is 2. The van der Waals surface area contributed by atoms with E-state index in [0.717, 1.165) is 23.5 Å². The van der Waals surface area contributed by atoms with Crippen molar-refractivity contribution in [3.63, 3.8) is 0 Å². The SMILES string of the molecule is CCOC(=O)C1(C(=O)N2CCCn3nnc(Cn4nncc4C)c3C2)CC1. The minimum absolute atomic E-state index is 0.140. The quantitative estimate of drug-likeness (QED) is 0.548. The molecule has 2 aromatic rings. The lowest BCUT2D eigenvalue weighted by Crippen LogP contribution is -2.41. The predicted octanol–water partition coefficient (Wildman–Crippen LogP) is 0.302. The van der Waals surface area contributed by atoms with Gasteiger partial charge in [0, 0.05) is 13.1 Å². The fraction of sp³-hybridized carbons (Fsp3) is 0.647. The van der Waals surface area contributed by atoms with Crippen molar-refractivity contribution in [1.82, 2.24) is 34.9 Å². The van der Waals surface area contributed by atoms with Crippen molar-refractivity contribution >= 4 is 11.9 Å². The Kier molecular flexibility index (Phi) is 4.40. The maximum absolute atomic E-state index is 13.1. The summed E-state index contributed by atoms with van der Waals surface area (Å²) in [6, 6.07) is 0. The summed E-state index contributed by atoms with van der Waals surface area (Å²) in [5, 5.41) is 16.5. The summed E-state index contributed by atoms with van der Waals surface area (Å²) in [5.41, 5.74) is 1.60. The van der Waals surface area contributed by atoms with Crippen LogP contribution in [0.15, 0.2) is 6.20 Å². The van der Waals surface area contributed by atoms with Gasteiger partial charge in [-0.25, -0.2) is 9.36 Å². The second kappa shape index (κ2) is 6.75. The van der Waals surface area contributed by atoms with Crippen LogP contribution in [-0.2, 0) is 34.0 Å². The zero-order valence-corrected chi connectivity index (χ0v) is 15.6. The van der Waals surface area contributed by atoms with Crippen LogP contribution < -0.4 is 0 Å². The molecule has 3 heterocycles. The molecule has 2 aliphatic rings. The van der Waals surface area contributed by atoms with Gasteiger partial charge in [0.25, 0.3) is 0 Å². The molecule has 10 heteroatoms. The van der Waals surface area contributed by atoms with Gasteiger partial charge in [-0.1, -0.05) is 10.4 Å². The number of fused-ring (bicyclic) bond motifs is 1. The zero-order chi connectivity index (χ0) is 19.0. The second-order valence-corrected chi connectivity index (χ2v) is 7.12. The lowest BCUT2D eigenvalue weighted by atomic mass is 10.1. The van der Waals surface area contributed by atoms with Gasteiger partial charge in [-0.2, -0.15) is 0 Å². The van der Waals surface area contributed by atoms with Gasteiger partial charge in [-0.05, 0) is 33.1 Å². The van der Waals surface area contributed by atoms with Gasteiger partial charge < -0.3 is 9.64 Å². The van der Waals surface area contributed by atoms with Crippen molar-refractivity contribution in [1.29, 1.82) is 0 Å². The van der Waals surface area contributed by atoms with Crippen molar-refractivity contribution in [2.75, 3.05) is 13.2 Å². The van der Waals surface area contributed by atoms with E-state index < -0.39 is 11.4 Å². The Bertz CT molecular complexity index is 868. The highest BCUT2D eigenvalue weighted by atomic mass is 16.5. The van der Waals surface area contributed by atoms with Crippen LogP contribution in [0.2, 0.25) is 0 Å². The molecule has 0 bridgehead atoms. The smallest absolute Gasteiger partial charge is 0.321 e. The molecule has 1 amide bonds. The maximum atomic E-state index is 13.1. The predicted molar refractivity (Wildman–Crippen MR) is 92.2 cm³/mol. The molecule has 10 nitrogen and oxygen atoms in total. The average molecular weight is 373 g/mol. The van der Waals surface area contributed by atoms with E-state index in [2.05, 4.69) is 20.6 Å². The van der Waals surface area contributed by atoms with E-state index >= 15 is 0 Å². The third-order valence-corrected chi connectivity index (χ3v) is 5.28. The largest absolute Gasteiger partial charge is 0.465 e. The van der Waals surface area contributed by atoms with E-state index in [1.54, 1.807) is 22.7 Å². The standard InChI is InChI=1S/C17H23N7O3/c1-3-27-16(26)17(5-6-17)15(25)22-7-4-8-23-14(11-22)13(19-21-23)10-24-12(2)9-18-20-24/h9H,3-8,10-11H2,1-2H3. The van der Waals surface area contributed by atoms with Crippen LogP contribution in [0, 0.1) is 12.3 Å². The summed E-state index contributed by atoms with van der Waals surface area (Å²) in [5.74, 6) is -0.539. The van der Waals surface area contributed by atoms with Crippen LogP contribution in [0.4, 0.5) is 0 Å². The van der Waals surface area contributed by atoms with Crippen molar-refractivity contribution < 1.29 is 14.3 Å². The molecule has 0 atom stereocenters. The number of ether oxygens (including phenoxy) is 1. The van der Waals surface area contributed by atoms with Crippen molar-refractivity contribution in [3.05, 3.63) is 23.3 Å². The topological polar surface area (TPSA) is 108 Å². The summed E-state index contributed by atoms with van der Waals surface area (Å²) in [6.45, 7) is 6.08. The van der Waals surface area contributed by atoms with Crippen LogP contribution in [0.5, 0.6) is 0 Å². The average Bonchev–Trinajstić information content (AvgIpc) is 3.32. The van der Waals surface area contributed by atoms with Gasteiger partial charge >= 0.3 is 5.97 Å². The number of aryl methyl sites for hydroxylation is 2. The number of hydrogen-bond donors (Lipinski definition) is 0. The molecule has 0 radical (unpaired) electrons. The van der Waals surface area contributed by atoms with E-state index in [1.807, 2.05) is 11.6 Å². The summed E-state index contributed by atoms with van der Waals surface area (Å²) in [7, 11) is 0. The van der Waals surface area contributed by atoms with Crippen LogP contribution in [0.3, 0.4) is 0 Å². The van der Waals surface area contributed by atoms with Gasteiger partial charge in [0.05, 0.1) is 37.3 Å². The van der Waals surface area contributed by atoms with Gasteiger partial charge in [0.1, 0.15) is 11.1 Å². The number of aromatic nitrogens is 6. The Morgan fingerprint density at radius 3 is 2.74 bits per heavy atom. The summed E-state index contributed by atoms with van der Waals surface area (Å²) >= 11 is 0. The van der Waals surface area contributed by atoms with E-state index in [4.69, 9.17) is 4.74 Å². The second-order valence-electron chi connectivity index (χ2n) is 7.12. The molecule has 0 aromatic carbocycles. The van der Waals surface area contributed by atoms with Crippen LogP contribution in [-0.4, -0.2) is 59.9 Å². The van der Waals surface area contributed by atoms with E-state index in [1.165, 1.54) is 0 Å².